The molecule has 0 spiro atoms. The minimum absolute atomic E-state index is 0.142. The monoisotopic (exact) mass is 601 g/mol. The van der Waals surface area contributed by atoms with Crippen molar-refractivity contribution in [3.05, 3.63) is 110 Å². The van der Waals surface area contributed by atoms with E-state index < -0.39 is 5.91 Å². The molecule has 1 heterocycles. The summed E-state index contributed by atoms with van der Waals surface area (Å²) in [6, 6.07) is 26.5. The molecule has 1 N–H and O–H groups in total. The number of hydrazone groups is 1. The van der Waals surface area contributed by atoms with Gasteiger partial charge >= 0.3 is 5.91 Å². The van der Waals surface area contributed by atoms with Gasteiger partial charge in [0.2, 0.25) is 0 Å². The zero-order chi connectivity index (χ0) is 25.1. The summed E-state index contributed by atoms with van der Waals surface area (Å²) in [5.41, 5.74) is 5.17. The van der Waals surface area contributed by atoms with E-state index in [0.717, 1.165) is 30.7 Å². The number of nitrogens with zero attached hydrogens (tertiary/aromatic N) is 2. The Morgan fingerprint density at radius 2 is 1.83 bits per heavy atom. The third-order valence-electron chi connectivity index (χ3n) is 5.57. The summed E-state index contributed by atoms with van der Waals surface area (Å²) in [5.74, 6) is 0.247. The van der Waals surface area contributed by atoms with Crippen LogP contribution in [0.25, 0.3) is 21.7 Å². The smallest absolute Gasteiger partial charge is 0.307 e. The Morgan fingerprint density at radius 1 is 1.03 bits per heavy atom. The highest BCUT2D eigenvalue weighted by atomic mass is 79.9. The number of hydrogen-bond donors (Lipinski definition) is 1. The predicted molar refractivity (Wildman–Crippen MR) is 146 cm³/mol. The molecule has 176 valence electrons. The first-order valence-corrected chi connectivity index (χ1v) is 12.5. The van der Waals surface area contributed by atoms with E-state index in [1.807, 2.05) is 66.7 Å². The van der Waals surface area contributed by atoms with Crippen molar-refractivity contribution in [2.45, 2.75) is 6.61 Å². The number of ether oxygens (including phenoxy) is 1. The van der Waals surface area contributed by atoms with Gasteiger partial charge in [-0.05, 0) is 57.0 Å². The van der Waals surface area contributed by atoms with Crippen LogP contribution in [0.2, 0.25) is 0 Å². The van der Waals surface area contributed by atoms with E-state index in [4.69, 9.17) is 9.15 Å². The van der Waals surface area contributed by atoms with Gasteiger partial charge in [-0.3, -0.25) is 4.79 Å². The molecule has 1 amide bonds. The summed E-state index contributed by atoms with van der Waals surface area (Å²) in [5, 5.41) is 16.3. The molecule has 0 fully saturated rings. The second-order valence-electron chi connectivity index (χ2n) is 7.87. The highest BCUT2D eigenvalue weighted by molar-refractivity contribution is 9.11. The van der Waals surface area contributed by atoms with Crippen molar-refractivity contribution in [2.75, 3.05) is 0 Å². The molecule has 0 aliphatic carbocycles. The molecule has 4 aromatic carbocycles. The highest BCUT2D eigenvalue weighted by Crippen LogP contribution is 2.31. The van der Waals surface area contributed by atoms with Crippen LogP contribution in [-0.2, 0) is 6.61 Å². The van der Waals surface area contributed by atoms with Gasteiger partial charge in [-0.2, -0.15) is 10.4 Å². The molecule has 0 aliphatic rings. The highest BCUT2D eigenvalue weighted by Gasteiger charge is 2.15. The first kappa shape index (κ1) is 23.8. The lowest BCUT2D eigenvalue weighted by atomic mass is 10.0. The van der Waals surface area contributed by atoms with Gasteiger partial charge < -0.3 is 9.15 Å². The molecule has 1 aromatic heterocycles. The van der Waals surface area contributed by atoms with Gasteiger partial charge in [-0.1, -0.05) is 64.5 Å². The SMILES string of the molecule is N#Cc1ccccc1COc1ccc2ccccc2c1/C=N\NC(=O)c1cc2cc(Br)cc(Br)c2o1. The number of fused-ring (bicyclic) bond motifs is 2. The molecular weight excluding hydrogens is 586 g/mol. The van der Waals surface area contributed by atoms with Crippen molar-refractivity contribution in [2.24, 2.45) is 5.10 Å². The standard InChI is InChI=1S/C28H17Br2N3O3/c29-21-11-20-12-26(36-27(20)24(30)13-21)28(34)33-32-15-23-22-8-4-3-5-17(22)9-10-25(23)35-16-19-7-2-1-6-18(19)14-31/h1-13,15H,16H2,(H,33,34)/b32-15-. The number of benzene rings is 4. The van der Waals surface area contributed by atoms with Gasteiger partial charge in [0, 0.05) is 21.0 Å². The van der Waals surface area contributed by atoms with Crippen LogP contribution in [0, 0.1) is 11.3 Å². The van der Waals surface area contributed by atoms with Crippen LogP contribution in [0.15, 0.2) is 97.3 Å². The Bertz CT molecular complexity index is 1690. The summed E-state index contributed by atoms with van der Waals surface area (Å²) in [4.78, 5) is 12.7. The van der Waals surface area contributed by atoms with Crippen LogP contribution in [-0.4, -0.2) is 12.1 Å². The molecule has 5 rings (SSSR count). The molecular formula is C28H17Br2N3O3. The molecule has 0 bridgehead atoms. The minimum atomic E-state index is -0.476. The van der Waals surface area contributed by atoms with Crippen molar-refractivity contribution in [1.29, 1.82) is 5.26 Å². The van der Waals surface area contributed by atoms with E-state index in [2.05, 4.69) is 48.5 Å². The van der Waals surface area contributed by atoms with Crippen LogP contribution in [0.3, 0.4) is 0 Å². The summed E-state index contributed by atoms with van der Waals surface area (Å²) >= 11 is 6.88. The predicted octanol–water partition coefficient (Wildman–Crippen LogP) is 7.33. The molecule has 6 nitrogen and oxygen atoms in total. The van der Waals surface area contributed by atoms with Crippen LogP contribution < -0.4 is 10.2 Å². The van der Waals surface area contributed by atoms with Crippen molar-refractivity contribution in [3.8, 4) is 11.8 Å². The van der Waals surface area contributed by atoms with Crippen molar-refractivity contribution < 1.29 is 13.9 Å². The number of carbonyl (C=O) groups is 1. The number of nitrogens with one attached hydrogen (secondary N) is 1. The lowest BCUT2D eigenvalue weighted by Gasteiger charge is -2.12. The molecule has 0 radical (unpaired) electrons. The van der Waals surface area contributed by atoms with E-state index in [1.165, 1.54) is 0 Å². The Hall–Kier alpha value is -3.93. The summed E-state index contributed by atoms with van der Waals surface area (Å²) in [6.45, 7) is 0.221. The fourth-order valence-corrected chi connectivity index (χ4v) is 5.18. The fourth-order valence-electron chi connectivity index (χ4n) is 3.84. The van der Waals surface area contributed by atoms with Gasteiger partial charge in [0.05, 0.1) is 22.3 Å². The van der Waals surface area contributed by atoms with Crippen LogP contribution in [0.4, 0.5) is 0 Å². The average molecular weight is 603 g/mol. The number of furan rings is 1. The quantitative estimate of drug-likeness (QED) is 0.163. The normalized spacial score (nSPS) is 11.1. The number of carbonyl (C=O) groups excluding carboxylic acids is 1. The van der Waals surface area contributed by atoms with E-state index >= 15 is 0 Å². The van der Waals surface area contributed by atoms with Crippen LogP contribution in [0.1, 0.15) is 27.2 Å². The largest absolute Gasteiger partial charge is 0.488 e. The lowest BCUT2D eigenvalue weighted by Crippen LogP contribution is -2.16. The summed E-state index contributed by atoms with van der Waals surface area (Å²) < 4.78 is 13.4. The van der Waals surface area contributed by atoms with Crippen LogP contribution in [0.5, 0.6) is 5.75 Å². The van der Waals surface area contributed by atoms with E-state index in [9.17, 15) is 10.1 Å². The number of hydrogen-bond acceptors (Lipinski definition) is 5. The first-order valence-electron chi connectivity index (χ1n) is 10.9. The van der Waals surface area contributed by atoms with Gasteiger partial charge in [0.25, 0.3) is 0 Å². The van der Waals surface area contributed by atoms with Crippen LogP contribution >= 0.6 is 31.9 Å². The molecule has 0 unspecified atom stereocenters. The Balaban J connectivity index is 1.41. The number of amides is 1. The van der Waals surface area contributed by atoms with E-state index in [1.54, 1.807) is 18.3 Å². The summed E-state index contributed by atoms with van der Waals surface area (Å²) in [7, 11) is 0. The van der Waals surface area contributed by atoms with Gasteiger partial charge in [0.15, 0.2) is 5.76 Å². The molecule has 0 saturated heterocycles. The molecule has 5 aromatic rings. The lowest BCUT2D eigenvalue weighted by molar-refractivity contribution is 0.0929. The second kappa shape index (κ2) is 10.4. The topological polar surface area (TPSA) is 87.6 Å². The fraction of sp³-hybridized carbons (Fsp3) is 0.0357. The molecule has 0 atom stereocenters. The third kappa shape index (κ3) is 4.89. The zero-order valence-corrected chi connectivity index (χ0v) is 21.8. The Labute approximate surface area is 223 Å². The maximum atomic E-state index is 12.7. The van der Waals surface area contributed by atoms with Crippen molar-refractivity contribution in [1.82, 2.24) is 5.43 Å². The van der Waals surface area contributed by atoms with Crippen molar-refractivity contribution >= 4 is 65.7 Å². The third-order valence-corrected chi connectivity index (χ3v) is 6.62. The number of nitriles is 1. The molecule has 36 heavy (non-hydrogen) atoms. The van der Waals surface area contributed by atoms with E-state index in [0.29, 0.717) is 22.5 Å². The van der Waals surface area contributed by atoms with Gasteiger partial charge in [0.1, 0.15) is 17.9 Å². The zero-order valence-electron chi connectivity index (χ0n) is 18.7. The van der Waals surface area contributed by atoms with Gasteiger partial charge in [-0.15, -0.1) is 0 Å². The minimum Gasteiger partial charge on any atom is -0.488 e. The molecule has 8 heteroatoms. The van der Waals surface area contributed by atoms with Crippen molar-refractivity contribution in [3.63, 3.8) is 0 Å². The first-order chi connectivity index (χ1) is 17.5. The Kier molecular flexibility index (Phi) is 6.85. The summed E-state index contributed by atoms with van der Waals surface area (Å²) in [6.07, 6.45) is 1.56. The molecule has 0 aliphatic heterocycles. The molecule has 0 saturated carbocycles. The Morgan fingerprint density at radius 3 is 2.69 bits per heavy atom. The van der Waals surface area contributed by atoms with E-state index in [-0.39, 0.29) is 12.4 Å². The average Bonchev–Trinajstić information content (AvgIpc) is 3.32. The van der Waals surface area contributed by atoms with Gasteiger partial charge in [-0.25, -0.2) is 5.43 Å². The maximum absolute atomic E-state index is 12.7. The number of halogens is 2. The maximum Gasteiger partial charge on any atom is 0.307 e. The number of rotatable bonds is 6. The second-order valence-corrected chi connectivity index (χ2v) is 9.64.